The molecule has 0 radical (unpaired) electrons. The number of hydrogen-bond acceptors (Lipinski definition) is 7. The number of fused-ring (bicyclic) bond motifs is 1. The van der Waals surface area contributed by atoms with Gasteiger partial charge in [-0.2, -0.15) is 0 Å². The monoisotopic (exact) mass is 434 g/mol. The molecule has 0 unspecified atom stereocenters. The van der Waals surface area contributed by atoms with Crippen LogP contribution in [0.2, 0.25) is 0 Å². The number of hydrogen-bond donors (Lipinski definition) is 2. The number of halogens is 3. The highest BCUT2D eigenvalue weighted by molar-refractivity contribution is 6.20. The van der Waals surface area contributed by atoms with Crippen LogP contribution >= 0.6 is 11.6 Å². The Hall–Kier alpha value is -3.73. The smallest absolute Gasteiger partial charge is 0.420 e. The van der Waals surface area contributed by atoms with Crippen molar-refractivity contribution in [2.24, 2.45) is 0 Å². The second kappa shape index (κ2) is 7.59. The van der Waals surface area contributed by atoms with Gasteiger partial charge >= 0.3 is 5.57 Å². The summed E-state index contributed by atoms with van der Waals surface area (Å²) in [6, 6.07) is 12.5. The Morgan fingerprint density at radius 1 is 1.20 bits per heavy atom. The Balaban J connectivity index is 1.57. The van der Waals surface area contributed by atoms with Gasteiger partial charge in [-0.15, -0.1) is 8.78 Å². The molecule has 0 bridgehead atoms. The Labute approximate surface area is 172 Å². The largest absolute Gasteiger partial charge is 0.487 e. The number of imidazole rings is 1. The standard InChI is InChI=1S/C18H13ClF2N6O3/c19-18(20,21)29-11-7-5-10(6-8-11)23-14(28)9-27-13-4-2-1-3-12(13)24-17(27)15-16(22)26-30-25-15/h1-8H,9H2,(H2,22,26)(H,23,28). The first kappa shape index (κ1) is 19.6. The van der Waals surface area contributed by atoms with E-state index >= 15 is 0 Å². The summed E-state index contributed by atoms with van der Waals surface area (Å²) in [4.78, 5) is 17.1. The van der Waals surface area contributed by atoms with E-state index < -0.39 is 11.5 Å². The fourth-order valence-corrected chi connectivity index (χ4v) is 2.94. The number of ether oxygens (including phenoxy) is 1. The van der Waals surface area contributed by atoms with E-state index in [9.17, 15) is 13.6 Å². The van der Waals surface area contributed by atoms with Crippen LogP contribution in [0.1, 0.15) is 0 Å². The normalized spacial score (nSPS) is 11.6. The highest BCUT2D eigenvalue weighted by Gasteiger charge is 2.27. The van der Waals surface area contributed by atoms with Gasteiger partial charge in [-0.1, -0.05) is 12.1 Å². The van der Waals surface area contributed by atoms with Crippen molar-refractivity contribution < 1.29 is 22.9 Å². The molecule has 4 rings (SSSR count). The molecule has 3 N–H and O–H groups in total. The van der Waals surface area contributed by atoms with E-state index in [2.05, 4.69) is 30.0 Å². The number of nitrogens with one attached hydrogen (secondary N) is 1. The first-order chi connectivity index (χ1) is 14.3. The van der Waals surface area contributed by atoms with Crippen LogP contribution < -0.4 is 15.8 Å². The zero-order chi connectivity index (χ0) is 21.3. The number of nitrogen functional groups attached to an aromatic ring is 1. The van der Waals surface area contributed by atoms with Gasteiger partial charge in [0.15, 0.2) is 17.3 Å². The van der Waals surface area contributed by atoms with Gasteiger partial charge in [0, 0.05) is 17.3 Å². The number of carbonyl (C=O) groups is 1. The lowest BCUT2D eigenvalue weighted by Crippen LogP contribution is -2.19. The van der Waals surface area contributed by atoms with Gasteiger partial charge in [0.05, 0.1) is 11.0 Å². The van der Waals surface area contributed by atoms with Crippen LogP contribution in [0.3, 0.4) is 0 Å². The van der Waals surface area contributed by atoms with Crippen LogP contribution in [-0.2, 0) is 11.3 Å². The summed E-state index contributed by atoms with van der Waals surface area (Å²) in [5.74, 6) is -0.187. The predicted octanol–water partition coefficient (Wildman–Crippen LogP) is 3.48. The number of nitrogens with zero attached hydrogens (tertiary/aromatic N) is 4. The maximum absolute atomic E-state index is 12.7. The molecule has 4 aromatic rings. The first-order valence-corrected chi connectivity index (χ1v) is 8.87. The number of amides is 1. The van der Waals surface area contributed by atoms with Gasteiger partial charge in [0.2, 0.25) is 5.91 Å². The minimum absolute atomic E-state index is 0.0404. The number of aromatic nitrogens is 4. The van der Waals surface area contributed by atoms with Gasteiger partial charge < -0.3 is 20.4 Å². The third-order valence-electron chi connectivity index (χ3n) is 4.05. The number of alkyl halides is 3. The molecule has 0 fully saturated rings. The Bertz CT molecular complexity index is 1200. The molecule has 12 heteroatoms. The van der Waals surface area contributed by atoms with Crippen molar-refractivity contribution in [1.82, 2.24) is 19.9 Å². The van der Waals surface area contributed by atoms with Crippen LogP contribution in [-0.4, -0.2) is 31.3 Å². The summed E-state index contributed by atoms with van der Waals surface area (Å²) in [5, 5.41) is 9.98. The van der Waals surface area contributed by atoms with Crippen molar-refractivity contribution in [3.05, 3.63) is 48.5 Å². The van der Waals surface area contributed by atoms with Crippen LogP contribution in [0, 0.1) is 0 Å². The molecule has 0 aliphatic carbocycles. The second-order valence-electron chi connectivity index (χ2n) is 6.13. The SMILES string of the molecule is Nc1nonc1-c1nc2ccccc2n1CC(=O)Nc1ccc(OC(F)(F)Cl)cc1. The van der Waals surface area contributed by atoms with Gasteiger partial charge in [0.1, 0.15) is 12.3 Å². The average molecular weight is 435 g/mol. The third kappa shape index (κ3) is 4.15. The second-order valence-corrected chi connectivity index (χ2v) is 6.57. The summed E-state index contributed by atoms with van der Waals surface area (Å²) < 4.78 is 35.9. The molecule has 2 aromatic heterocycles. The molecule has 1 amide bonds. The molecular formula is C18H13ClF2N6O3. The highest BCUT2D eigenvalue weighted by Crippen LogP contribution is 2.28. The van der Waals surface area contributed by atoms with Crippen molar-refractivity contribution in [3.63, 3.8) is 0 Å². The lowest BCUT2D eigenvalue weighted by molar-refractivity contribution is -0.116. The lowest BCUT2D eigenvalue weighted by Gasteiger charge is -2.12. The molecular weight excluding hydrogens is 422 g/mol. The van der Waals surface area contributed by atoms with E-state index in [1.807, 2.05) is 6.07 Å². The fraction of sp³-hybridized carbons (Fsp3) is 0.111. The molecule has 0 saturated carbocycles. The Kier molecular flexibility index (Phi) is 4.96. The van der Waals surface area contributed by atoms with Crippen LogP contribution in [0.15, 0.2) is 53.2 Å². The first-order valence-electron chi connectivity index (χ1n) is 8.49. The van der Waals surface area contributed by atoms with E-state index in [1.54, 1.807) is 22.8 Å². The molecule has 0 aliphatic heterocycles. The van der Waals surface area contributed by atoms with Crippen molar-refractivity contribution in [2.75, 3.05) is 11.1 Å². The molecule has 30 heavy (non-hydrogen) atoms. The van der Waals surface area contributed by atoms with E-state index in [4.69, 9.17) is 17.3 Å². The van der Waals surface area contributed by atoms with E-state index in [-0.39, 0.29) is 23.8 Å². The lowest BCUT2D eigenvalue weighted by atomic mass is 10.3. The minimum Gasteiger partial charge on any atom is -0.420 e. The van der Waals surface area contributed by atoms with Gasteiger partial charge in [-0.05, 0) is 46.7 Å². The summed E-state index contributed by atoms with van der Waals surface area (Å²) in [7, 11) is 0. The zero-order valence-electron chi connectivity index (χ0n) is 15.1. The van der Waals surface area contributed by atoms with Crippen LogP contribution in [0.25, 0.3) is 22.6 Å². The maximum Gasteiger partial charge on any atom is 0.487 e. The number of benzene rings is 2. The van der Waals surface area contributed by atoms with E-state index in [1.165, 1.54) is 24.3 Å². The van der Waals surface area contributed by atoms with Crippen LogP contribution in [0.5, 0.6) is 5.75 Å². The van der Waals surface area contributed by atoms with Crippen molar-refractivity contribution in [3.8, 4) is 17.3 Å². The number of nitrogens with two attached hydrogens (primary N) is 1. The Morgan fingerprint density at radius 2 is 1.93 bits per heavy atom. The topological polar surface area (TPSA) is 121 Å². The fourth-order valence-electron chi connectivity index (χ4n) is 2.85. The van der Waals surface area contributed by atoms with Crippen LogP contribution in [0.4, 0.5) is 20.3 Å². The van der Waals surface area contributed by atoms with Crippen molar-refractivity contribution in [1.29, 1.82) is 0 Å². The molecule has 0 aliphatic rings. The zero-order valence-corrected chi connectivity index (χ0v) is 15.8. The molecule has 0 atom stereocenters. The molecule has 2 aromatic carbocycles. The molecule has 9 nitrogen and oxygen atoms in total. The van der Waals surface area contributed by atoms with Crippen molar-refractivity contribution >= 4 is 40.0 Å². The van der Waals surface area contributed by atoms with Gasteiger partial charge in [-0.3, -0.25) is 4.79 Å². The number of rotatable bonds is 6. The molecule has 2 heterocycles. The highest BCUT2D eigenvalue weighted by atomic mass is 35.5. The quantitative estimate of drug-likeness (QED) is 0.445. The summed E-state index contributed by atoms with van der Waals surface area (Å²) in [5.41, 5.74) is 3.86. The minimum atomic E-state index is -3.82. The number of carbonyl (C=O) groups excluding carboxylic acids is 1. The predicted molar refractivity (Wildman–Crippen MR) is 104 cm³/mol. The molecule has 0 spiro atoms. The summed E-state index contributed by atoms with van der Waals surface area (Å²) in [6.45, 7) is -0.125. The molecule has 0 saturated heterocycles. The van der Waals surface area contributed by atoms with Crippen molar-refractivity contribution in [2.45, 2.75) is 12.1 Å². The third-order valence-corrected chi connectivity index (χ3v) is 4.13. The maximum atomic E-state index is 12.7. The van der Waals surface area contributed by atoms with Gasteiger partial charge in [-0.25, -0.2) is 9.61 Å². The number of anilines is 2. The van der Waals surface area contributed by atoms with Gasteiger partial charge in [0.25, 0.3) is 0 Å². The summed E-state index contributed by atoms with van der Waals surface area (Å²) in [6.07, 6.45) is 0. The Morgan fingerprint density at radius 3 is 2.60 bits per heavy atom. The number of para-hydroxylation sites is 2. The average Bonchev–Trinajstić information content (AvgIpc) is 3.26. The molecule has 154 valence electrons. The van der Waals surface area contributed by atoms with E-state index in [0.29, 0.717) is 22.5 Å². The van der Waals surface area contributed by atoms with E-state index in [0.717, 1.165) is 0 Å². The summed E-state index contributed by atoms with van der Waals surface area (Å²) >= 11 is 4.73.